The number of nitrogens with one attached hydrogen (secondary N) is 1. The largest absolute Gasteiger partial charge is 0.309 e. The molecule has 0 unspecified atom stereocenters. The number of nitrogens with zero attached hydrogens (tertiary/aromatic N) is 2. The summed E-state index contributed by atoms with van der Waals surface area (Å²) in [5.74, 6) is -0.0110. The SMILES string of the molecule is Cc1nc(-c2ccc(F)cc2)cnc1NC(=O)Cc1ccccc1. The number of rotatable bonds is 4. The lowest BCUT2D eigenvalue weighted by Crippen LogP contribution is -2.16. The molecule has 0 atom stereocenters. The van der Waals surface area contributed by atoms with E-state index in [0.717, 1.165) is 11.1 Å². The molecule has 5 heteroatoms. The van der Waals surface area contributed by atoms with E-state index in [9.17, 15) is 9.18 Å². The summed E-state index contributed by atoms with van der Waals surface area (Å²) in [5, 5.41) is 2.77. The third-order valence-corrected chi connectivity index (χ3v) is 3.55. The van der Waals surface area contributed by atoms with Crippen molar-refractivity contribution in [1.82, 2.24) is 9.97 Å². The van der Waals surface area contributed by atoms with Gasteiger partial charge in [-0.1, -0.05) is 30.3 Å². The van der Waals surface area contributed by atoms with Crippen LogP contribution in [0.15, 0.2) is 60.8 Å². The van der Waals surface area contributed by atoms with Gasteiger partial charge in [0.1, 0.15) is 5.82 Å². The first-order valence-corrected chi connectivity index (χ1v) is 7.55. The van der Waals surface area contributed by atoms with Gasteiger partial charge in [0.25, 0.3) is 0 Å². The van der Waals surface area contributed by atoms with Gasteiger partial charge in [-0.25, -0.2) is 14.4 Å². The van der Waals surface area contributed by atoms with Crippen LogP contribution in [0.1, 0.15) is 11.3 Å². The Kier molecular flexibility index (Phi) is 4.61. The zero-order valence-corrected chi connectivity index (χ0v) is 13.2. The molecule has 0 radical (unpaired) electrons. The van der Waals surface area contributed by atoms with Crippen LogP contribution in [0.5, 0.6) is 0 Å². The van der Waals surface area contributed by atoms with Gasteiger partial charge in [0, 0.05) is 5.56 Å². The van der Waals surface area contributed by atoms with E-state index in [0.29, 0.717) is 17.2 Å². The van der Waals surface area contributed by atoms with Crippen LogP contribution in [0.25, 0.3) is 11.3 Å². The van der Waals surface area contributed by atoms with Gasteiger partial charge in [0.05, 0.1) is 24.0 Å². The highest BCUT2D eigenvalue weighted by Crippen LogP contribution is 2.19. The number of halogens is 1. The molecule has 0 aliphatic rings. The van der Waals surface area contributed by atoms with E-state index in [1.807, 2.05) is 30.3 Å². The van der Waals surface area contributed by atoms with Gasteiger partial charge < -0.3 is 5.32 Å². The molecule has 120 valence electrons. The zero-order valence-electron chi connectivity index (χ0n) is 13.2. The number of carbonyl (C=O) groups excluding carboxylic acids is 1. The number of hydrogen-bond donors (Lipinski definition) is 1. The summed E-state index contributed by atoms with van der Waals surface area (Å²) in [6.07, 6.45) is 1.85. The third-order valence-electron chi connectivity index (χ3n) is 3.55. The van der Waals surface area contributed by atoms with Gasteiger partial charge in [0.2, 0.25) is 5.91 Å². The monoisotopic (exact) mass is 321 g/mol. The van der Waals surface area contributed by atoms with E-state index >= 15 is 0 Å². The van der Waals surface area contributed by atoms with E-state index in [-0.39, 0.29) is 18.1 Å². The smallest absolute Gasteiger partial charge is 0.229 e. The predicted octanol–water partition coefficient (Wildman–Crippen LogP) is 3.77. The Bertz CT molecular complexity index is 848. The number of anilines is 1. The first-order chi connectivity index (χ1) is 11.6. The zero-order chi connectivity index (χ0) is 16.9. The van der Waals surface area contributed by atoms with Crippen LogP contribution in [0.2, 0.25) is 0 Å². The molecule has 0 aliphatic carbocycles. The fourth-order valence-corrected chi connectivity index (χ4v) is 2.32. The van der Waals surface area contributed by atoms with Crippen molar-refractivity contribution < 1.29 is 9.18 Å². The Morgan fingerprint density at radius 1 is 1.08 bits per heavy atom. The molecule has 0 saturated carbocycles. The second-order valence-corrected chi connectivity index (χ2v) is 5.41. The highest BCUT2D eigenvalue weighted by atomic mass is 19.1. The first-order valence-electron chi connectivity index (χ1n) is 7.55. The van der Waals surface area contributed by atoms with Gasteiger partial charge in [-0.2, -0.15) is 0 Å². The van der Waals surface area contributed by atoms with Crippen LogP contribution in [-0.2, 0) is 11.2 Å². The second-order valence-electron chi connectivity index (χ2n) is 5.41. The molecule has 3 rings (SSSR count). The molecule has 3 aromatic rings. The molecule has 0 saturated heterocycles. The molecule has 0 fully saturated rings. The first kappa shape index (κ1) is 15.8. The molecule has 4 nitrogen and oxygen atoms in total. The fraction of sp³-hybridized carbons (Fsp3) is 0.105. The average molecular weight is 321 g/mol. The molecule has 1 heterocycles. The van der Waals surface area contributed by atoms with Crippen molar-refractivity contribution in [2.75, 3.05) is 5.32 Å². The molecule has 0 bridgehead atoms. The maximum atomic E-state index is 13.0. The van der Waals surface area contributed by atoms with Crippen molar-refractivity contribution in [1.29, 1.82) is 0 Å². The Balaban J connectivity index is 1.73. The van der Waals surface area contributed by atoms with Gasteiger partial charge in [0.15, 0.2) is 5.82 Å². The fourth-order valence-electron chi connectivity index (χ4n) is 2.32. The molecule has 24 heavy (non-hydrogen) atoms. The summed E-state index contributed by atoms with van der Waals surface area (Å²) in [4.78, 5) is 20.8. The lowest BCUT2D eigenvalue weighted by molar-refractivity contribution is -0.115. The summed E-state index contributed by atoms with van der Waals surface area (Å²) in [5.41, 5.74) is 2.95. The molecule has 0 spiro atoms. The number of aryl methyl sites for hydroxylation is 1. The van der Waals surface area contributed by atoms with E-state index in [2.05, 4.69) is 15.3 Å². The van der Waals surface area contributed by atoms with Crippen LogP contribution in [0, 0.1) is 12.7 Å². The lowest BCUT2D eigenvalue weighted by atomic mass is 10.1. The topological polar surface area (TPSA) is 54.9 Å². The highest BCUT2D eigenvalue weighted by Gasteiger charge is 2.09. The number of carbonyl (C=O) groups is 1. The normalized spacial score (nSPS) is 10.4. The van der Waals surface area contributed by atoms with Crippen molar-refractivity contribution in [3.8, 4) is 11.3 Å². The molecule has 2 aromatic carbocycles. The van der Waals surface area contributed by atoms with Crippen molar-refractivity contribution in [2.45, 2.75) is 13.3 Å². The lowest BCUT2D eigenvalue weighted by Gasteiger charge is -2.09. The van der Waals surface area contributed by atoms with Crippen LogP contribution >= 0.6 is 0 Å². The minimum Gasteiger partial charge on any atom is -0.309 e. The molecule has 1 aromatic heterocycles. The summed E-state index contributed by atoms with van der Waals surface area (Å²) < 4.78 is 13.0. The van der Waals surface area contributed by atoms with E-state index in [1.165, 1.54) is 12.1 Å². The summed E-state index contributed by atoms with van der Waals surface area (Å²) in [6.45, 7) is 1.78. The number of hydrogen-bond acceptors (Lipinski definition) is 3. The van der Waals surface area contributed by atoms with Crippen molar-refractivity contribution in [2.24, 2.45) is 0 Å². The molecule has 1 amide bonds. The average Bonchev–Trinajstić information content (AvgIpc) is 2.58. The summed E-state index contributed by atoms with van der Waals surface area (Å²) in [7, 11) is 0. The van der Waals surface area contributed by atoms with E-state index in [1.54, 1.807) is 25.3 Å². The van der Waals surface area contributed by atoms with E-state index < -0.39 is 0 Å². The molecule has 1 N–H and O–H groups in total. The Labute approximate surface area is 139 Å². The minimum absolute atomic E-state index is 0.145. The highest BCUT2D eigenvalue weighted by molar-refractivity contribution is 5.91. The summed E-state index contributed by atoms with van der Waals surface area (Å²) >= 11 is 0. The minimum atomic E-state index is -0.298. The second kappa shape index (κ2) is 7.00. The molecular formula is C19H16FN3O. The number of amides is 1. The van der Waals surface area contributed by atoms with Crippen molar-refractivity contribution in [3.05, 3.63) is 77.9 Å². The van der Waals surface area contributed by atoms with E-state index in [4.69, 9.17) is 0 Å². The van der Waals surface area contributed by atoms with Crippen LogP contribution in [-0.4, -0.2) is 15.9 Å². The van der Waals surface area contributed by atoms with Gasteiger partial charge >= 0.3 is 0 Å². The van der Waals surface area contributed by atoms with Gasteiger partial charge in [-0.05, 0) is 36.8 Å². The Morgan fingerprint density at radius 3 is 2.46 bits per heavy atom. The quantitative estimate of drug-likeness (QED) is 0.796. The maximum absolute atomic E-state index is 13.0. The summed E-state index contributed by atoms with van der Waals surface area (Å²) in [6, 6.07) is 15.5. The Hall–Kier alpha value is -3.08. The van der Waals surface area contributed by atoms with Crippen LogP contribution < -0.4 is 5.32 Å². The van der Waals surface area contributed by atoms with Crippen molar-refractivity contribution in [3.63, 3.8) is 0 Å². The number of aromatic nitrogens is 2. The Morgan fingerprint density at radius 2 is 1.79 bits per heavy atom. The third kappa shape index (κ3) is 3.81. The van der Waals surface area contributed by atoms with Gasteiger partial charge in [-0.15, -0.1) is 0 Å². The van der Waals surface area contributed by atoms with Crippen LogP contribution in [0.3, 0.4) is 0 Å². The molecular weight excluding hydrogens is 305 g/mol. The molecule has 0 aliphatic heterocycles. The number of benzene rings is 2. The predicted molar refractivity (Wildman–Crippen MR) is 90.9 cm³/mol. The standard InChI is InChI=1S/C19H16FN3O/c1-13-19(23-18(24)11-14-5-3-2-4-6-14)21-12-17(22-13)15-7-9-16(20)10-8-15/h2-10,12H,11H2,1H3,(H,21,23,24). The van der Waals surface area contributed by atoms with Crippen molar-refractivity contribution >= 4 is 11.7 Å². The van der Waals surface area contributed by atoms with Crippen LogP contribution in [0.4, 0.5) is 10.2 Å². The van der Waals surface area contributed by atoms with Gasteiger partial charge in [-0.3, -0.25) is 4.79 Å². The maximum Gasteiger partial charge on any atom is 0.229 e.